The number of rotatable bonds is 6. The minimum absolute atomic E-state index is 0.00209. The number of benzene rings is 1. The molecular formula is C27H27ClF3N9O5. The fourth-order valence-corrected chi connectivity index (χ4v) is 4.70. The number of hydrogen-bond acceptors (Lipinski definition) is 10. The molecule has 0 radical (unpaired) electrons. The number of halogens is 4. The molecular weight excluding hydrogens is 623 g/mol. The van der Waals surface area contributed by atoms with Crippen LogP contribution in [0.1, 0.15) is 52.4 Å². The average molecular weight is 650 g/mol. The maximum atomic E-state index is 12.7. The van der Waals surface area contributed by atoms with Gasteiger partial charge in [-0.25, -0.2) is 14.5 Å². The van der Waals surface area contributed by atoms with Crippen molar-refractivity contribution in [1.82, 2.24) is 40.5 Å². The van der Waals surface area contributed by atoms with E-state index < -0.39 is 12.1 Å². The summed E-state index contributed by atoms with van der Waals surface area (Å²) in [4.78, 5) is 40.0. The van der Waals surface area contributed by atoms with E-state index in [0.29, 0.717) is 35.2 Å². The summed E-state index contributed by atoms with van der Waals surface area (Å²) < 4.78 is 39.1. The first-order valence-electron chi connectivity index (χ1n) is 13.7. The Morgan fingerprint density at radius 2 is 1.78 bits per heavy atom. The highest BCUT2D eigenvalue weighted by Crippen LogP contribution is 2.27. The molecule has 2 amide bonds. The monoisotopic (exact) mass is 649 g/mol. The van der Waals surface area contributed by atoms with Crippen LogP contribution in [0.25, 0.3) is 5.82 Å². The molecule has 3 N–H and O–H groups in total. The molecule has 1 aromatic carbocycles. The molecule has 18 heteroatoms. The van der Waals surface area contributed by atoms with Gasteiger partial charge in [0.15, 0.2) is 11.5 Å². The summed E-state index contributed by atoms with van der Waals surface area (Å²) >= 11 is 6.09. The van der Waals surface area contributed by atoms with Gasteiger partial charge in [-0.05, 0) is 49.9 Å². The predicted molar refractivity (Wildman–Crippen MR) is 150 cm³/mol. The highest BCUT2D eigenvalue weighted by atomic mass is 35.5. The Bertz CT molecular complexity index is 1550. The molecule has 0 atom stereocenters. The van der Waals surface area contributed by atoms with Crippen molar-refractivity contribution in [3.05, 3.63) is 58.8 Å². The smallest absolute Gasteiger partial charge is 0.490 e. The molecule has 0 bridgehead atoms. The standard InChI is InChI=1S/C25H26ClN9O3.C2HF3O2/c26-20-13-19(4-1-16(20)14-27)38-18-5-2-17(3-6-18)30-24(36)21-7-8-22(32-31-21)35-15-29-23(33-35)25(37)34-11-9-28-10-12-34;3-2(4,5)1(6)7/h1,4,7-8,13,15,17-18,28H,2-3,5-6,9-12H2,(H,30,36);(H,6,7). The van der Waals surface area contributed by atoms with Crippen LogP contribution < -0.4 is 15.4 Å². The highest BCUT2D eigenvalue weighted by molar-refractivity contribution is 6.31. The van der Waals surface area contributed by atoms with Gasteiger partial charge in [0.1, 0.15) is 18.1 Å². The van der Waals surface area contributed by atoms with Gasteiger partial charge in [-0.3, -0.25) is 9.59 Å². The molecule has 1 aliphatic heterocycles. The first-order chi connectivity index (χ1) is 21.4. The first kappa shape index (κ1) is 33.1. The van der Waals surface area contributed by atoms with E-state index >= 15 is 0 Å². The number of aliphatic carboxylic acids is 1. The maximum Gasteiger partial charge on any atom is 0.490 e. The first-order valence-corrected chi connectivity index (χ1v) is 14.1. The number of carboxylic acid groups (broad SMARTS) is 1. The SMILES string of the molecule is N#Cc1ccc(OC2CCC(NC(=O)c3ccc(-n4cnc(C(=O)N5CCNCC5)n4)nn3)CC2)cc1Cl.O=C(O)C(F)(F)F. The van der Waals surface area contributed by atoms with Crippen molar-refractivity contribution in [2.24, 2.45) is 0 Å². The quantitative estimate of drug-likeness (QED) is 0.356. The molecule has 1 saturated carbocycles. The zero-order chi connectivity index (χ0) is 32.6. The molecule has 1 aliphatic carbocycles. The van der Waals surface area contributed by atoms with Crippen LogP contribution in [-0.2, 0) is 4.79 Å². The molecule has 0 unspecified atom stereocenters. The number of hydrogen-bond donors (Lipinski definition) is 3. The van der Waals surface area contributed by atoms with Crippen molar-refractivity contribution in [2.45, 2.75) is 44.0 Å². The fraction of sp³-hybridized carbons (Fsp3) is 0.407. The van der Waals surface area contributed by atoms with Gasteiger partial charge in [-0.2, -0.15) is 18.4 Å². The Morgan fingerprint density at radius 1 is 1.09 bits per heavy atom. The molecule has 3 aromatic rings. The summed E-state index contributed by atoms with van der Waals surface area (Å²) in [7, 11) is 0. The molecule has 45 heavy (non-hydrogen) atoms. The van der Waals surface area contributed by atoms with E-state index in [1.54, 1.807) is 35.2 Å². The second-order valence-electron chi connectivity index (χ2n) is 9.95. The van der Waals surface area contributed by atoms with Gasteiger partial charge in [-0.15, -0.1) is 15.3 Å². The van der Waals surface area contributed by atoms with Crippen molar-refractivity contribution in [1.29, 1.82) is 5.26 Å². The molecule has 5 rings (SSSR count). The average Bonchev–Trinajstić information content (AvgIpc) is 3.53. The summed E-state index contributed by atoms with van der Waals surface area (Å²) in [5.74, 6) is -2.21. The Hall–Kier alpha value is -4.82. The molecule has 0 spiro atoms. The lowest BCUT2D eigenvalue weighted by Gasteiger charge is -2.29. The third kappa shape index (κ3) is 9.09. The second-order valence-corrected chi connectivity index (χ2v) is 10.4. The van der Waals surface area contributed by atoms with Crippen LogP contribution in [0.2, 0.25) is 5.02 Å². The summed E-state index contributed by atoms with van der Waals surface area (Å²) in [6.07, 6.45) is -0.602. The van der Waals surface area contributed by atoms with E-state index in [0.717, 1.165) is 38.8 Å². The van der Waals surface area contributed by atoms with Crippen LogP contribution in [0.5, 0.6) is 5.75 Å². The zero-order valence-electron chi connectivity index (χ0n) is 23.5. The Labute approximate surface area is 259 Å². The van der Waals surface area contributed by atoms with Gasteiger partial charge in [0.25, 0.3) is 11.8 Å². The minimum atomic E-state index is -5.08. The Kier molecular flexibility index (Phi) is 10.9. The van der Waals surface area contributed by atoms with Crippen molar-refractivity contribution in [3.63, 3.8) is 0 Å². The zero-order valence-corrected chi connectivity index (χ0v) is 24.3. The molecule has 238 valence electrons. The number of nitriles is 1. The summed E-state index contributed by atoms with van der Waals surface area (Å²) in [5, 5.41) is 35.1. The lowest BCUT2D eigenvalue weighted by molar-refractivity contribution is -0.192. The number of alkyl halides is 3. The number of piperazine rings is 1. The topological polar surface area (TPSA) is 188 Å². The normalized spacial score (nSPS) is 18.2. The number of carboxylic acids is 1. The van der Waals surface area contributed by atoms with Crippen LogP contribution in [0.15, 0.2) is 36.7 Å². The Balaban J connectivity index is 0.000000591. The van der Waals surface area contributed by atoms with Crippen LogP contribution in [0, 0.1) is 11.3 Å². The summed E-state index contributed by atoms with van der Waals surface area (Å²) in [6, 6.07) is 10.3. The molecule has 2 aromatic heterocycles. The van der Waals surface area contributed by atoms with E-state index in [4.69, 9.17) is 31.5 Å². The molecule has 1 saturated heterocycles. The van der Waals surface area contributed by atoms with E-state index in [2.05, 4.69) is 30.9 Å². The van der Waals surface area contributed by atoms with E-state index in [-0.39, 0.29) is 35.5 Å². The summed E-state index contributed by atoms with van der Waals surface area (Å²) in [6.45, 7) is 2.70. The third-order valence-corrected chi connectivity index (χ3v) is 7.13. The Morgan fingerprint density at radius 3 is 2.36 bits per heavy atom. The second kappa shape index (κ2) is 14.8. The number of aromatic nitrogens is 5. The van der Waals surface area contributed by atoms with Gasteiger partial charge in [-0.1, -0.05) is 11.6 Å². The number of nitrogens with zero attached hydrogens (tertiary/aromatic N) is 7. The van der Waals surface area contributed by atoms with Gasteiger partial charge in [0.2, 0.25) is 5.82 Å². The highest BCUT2D eigenvalue weighted by Gasteiger charge is 2.38. The number of ether oxygens (including phenoxy) is 1. The number of amides is 2. The fourth-order valence-electron chi connectivity index (χ4n) is 4.49. The van der Waals surface area contributed by atoms with Gasteiger partial charge in [0.05, 0.1) is 16.7 Å². The van der Waals surface area contributed by atoms with Gasteiger partial charge in [0, 0.05) is 38.3 Å². The van der Waals surface area contributed by atoms with Gasteiger partial charge >= 0.3 is 12.1 Å². The minimum Gasteiger partial charge on any atom is -0.490 e. The van der Waals surface area contributed by atoms with Crippen LogP contribution >= 0.6 is 11.6 Å². The van der Waals surface area contributed by atoms with E-state index in [9.17, 15) is 22.8 Å². The van der Waals surface area contributed by atoms with Crippen molar-refractivity contribution < 1.29 is 37.4 Å². The molecule has 2 aliphatic rings. The number of nitrogens with one attached hydrogen (secondary N) is 2. The molecule has 14 nitrogen and oxygen atoms in total. The maximum absolute atomic E-state index is 12.7. The van der Waals surface area contributed by atoms with Crippen LogP contribution in [0.3, 0.4) is 0 Å². The molecule has 3 heterocycles. The van der Waals surface area contributed by atoms with E-state index in [1.165, 1.54) is 11.0 Å². The third-order valence-electron chi connectivity index (χ3n) is 6.82. The van der Waals surface area contributed by atoms with Gasteiger partial charge < -0.3 is 25.4 Å². The van der Waals surface area contributed by atoms with Crippen molar-refractivity contribution >= 4 is 29.4 Å². The van der Waals surface area contributed by atoms with Crippen LogP contribution in [0.4, 0.5) is 13.2 Å². The molecule has 2 fully saturated rings. The predicted octanol–water partition coefficient (Wildman–Crippen LogP) is 2.38. The largest absolute Gasteiger partial charge is 0.490 e. The van der Waals surface area contributed by atoms with E-state index in [1.807, 2.05) is 6.07 Å². The number of carbonyl (C=O) groups excluding carboxylic acids is 2. The summed E-state index contributed by atoms with van der Waals surface area (Å²) in [5.41, 5.74) is 0.602. The lowest BCUT2D eigenvalue weighted by atomic mass is 9.93. The lowest BCUT2D eigenvalue weighted by Crippen LogP contribution is -2.46. The van der Waals surface area contributed by atoms with Crippen molar-refractivity contribution in [3.8, 4) is 17.6 Å². The van der Waals surface area contributed by atoms with Crippen molar-refractivity contribution in [2.75, 3.05) is 26.2 Å². The van der Waals surface area contributed by atoms with Crippen LogP contribution in [-0.4, -0.2) is 97.3 Å². The number of carbonyl (C=O) groups is 3.